The van der Waals surface area contributed by atoms with Crippen molar-refractivity contribution in [1.82, 2.24) is 20.0 Å². The number of amides is 1. The molecule has 9 nitrogen and oxygen atoms in total. The van der Waals surface area contributed by atoms with Gasteiger partial charge in [-0.15, -0.1) is 24.8 Å². The van der Waals surface area contributed by atoms with Crippen molar-refractivity contribution >= 4 is 43.5 Å². The number of unbranched alkanes of at least 4 members (excludes halogenated alkanes) is 1. The van der Waals surface area contributed by atoms with E-state index in [1.54, 1.807) is 4.68 Å². The predicted octanol–water partition coefficient (Wildman–Crippen LogP) is 5.58. The Kier molecular flexibility index (Phi) is 15.8. The lowest BCUT2D eigenvalue weighted by atomic mass is 9.75. The molecule has 0 bridgehead atoms. The molecule has 5 rings (SSSR count). The number of carbonyl (C=O) groups is 1. The Hall–Kier alpha value is -3.54. The van der Waals surface area contributed by atoms with E-state index in [4.69, 9.17) is 9.84 Å². The molecule has 0 saturated carbocycles. The van der Waals surface area contributed by atoms with Gasteiger partial charge in [-0.05, 0) is 67.6 Å². The van der Waals surface area contributed by atoms with E-state index in [0.29, 0.717) is 13.0 Å². The maximum atomic E-state index is 13.0. The van der Waals surface area contributed by atoms with Gasteiger partial charge in [0.2, 0.25) is 5.91 Å². The monoisotopic (exact) mass is 695 g/mol. The number of rotatable bonds is 15. The summed E-state index contributed by atoms with van der Waals surface area (Å²) in [6.07, 6.45) is 2.52. The van der Waals surface area contributed by atoms with Crippen molar-refractivity contribution in [3.05, 3.63) is 91.0 Å². The first kappa shape index (κ1) is 38.9. The van der Waals surface area contributed by atoms with Crippen molar-refractivity contribution in [1.29, 1.82) is 0 Å². The summed E-state index contributed by atoms with van der Waals surface area (Å²) in [4.78, 5) is 18.0. The van der Waals surface area contributed by atoms with Gasteiger partial charge in [0.25, 0.3) is 0 Å². The van der Waals surface area contributed by atoms with E-state index >= 15 is 0 Å². The number of para-hydroxylation sites is 1. The summed E-state index contributed by atoms with van der Waals surface area (Å²) in [5.41, 5.74) is 4.66. The van der Waals surface area contributed by atoms with E-state index in [-0.39, 0.29) is 43.2 Å². The van der Waals surface area contributed by atoms with Gasteiger partial charge in [0, 0.05) is 37.4 Å². The maximum absolute atomic E-state index is 13.0. The molecule has 0 radical (unpaired) electrons. The number of nitrogens with zero attached hydrogens (tertiary/aromatic N) is 4. The van der Waals surface area contributed by atoms with Crippen molar-refractivity contribution in [3.8, 4) is 28.3 Å². The Morgan fingerprint density at radius 1 is 0.875 bits per heavy atom. The van der Waals surface area contributed by atoms with Gasteiger partial charge in [-0.2, -0.15) is 5.10 Å². The Morgan fingerprint density at radius 2 is 1.54 bits per heavy atom. The van der Waals surface area contributed by atoms with Gasteiger partial charge in [0.05, 0.1) is 23.9 Å². The van der Waals surface area contributed by atoms with Gasteiger partial charge in [-0.25, -0.2) is 0 Å². The van der Waals surface area contributed by atoms with E-state index in [2.05, 4.69) is 45.4 Å². The van der Waals surface area contributed by atoms with Crippen LogP contribution in [-0.2, 0) is 11.3 Å². The van der Waals surface area contributed by atoms with Crippen LogP contribution in [0.3, 0.4) is 0 Å². The predicted molar refractivity (Wildman–Crippen MR) is 199 cm³/mol. The minimum atomic E-state index is -1.63. The number of piperazine rings is 1. The zero-order valence-corrected chi connectivity index (χ0v) is 29.4. The molecule has 1 fully saturated rings. The molecule has 258 valence electrons. The number of hydrogen-bond acceptors (Lipinski definition) is 7. The highest BCUT2D eigenvalue weighted by molar-refractivity contribution is 6.43. The van der Waals surface area contributed by atoms with Crippen LogP contribution in [0.5, 0.6) is 5.75 Å². The number of hydrogen-bond donors (Lipinski definition) is 3. The van der Waals surface area contributed by atoms with E-state index in [9.17, 15) is 14.8 Å². The molecule has 0 spiro atoms. The average molecular weight is 697 g/mol. The summed E-state index contributed by atoms with van der Waals surface area (Å²) in [7, 11) is -1.63. The van der Waals surface area contributed by atoms with Crippen molar-refractivity contribution in [2.45, 2.75) is 45.6 Å². The molecule has 3 aromatic carbocycles. The molecule has 48 heavy (non-hydrogen) atoms. The minimum absolute atomic E-state index is 0. The van der Waals surface area contributed by atoms with E-state index < -0.39 is 13.1 Å². The highest BCUT2D eigenvalue weighted by Crippen LogP contribution is 2.28. The van der Waals surface area contributed by atoms with Crippen LogP contribution in [0.15, 0.2) is 91.0 Å². The van der Waals surface area contributed by atoms with Crippen LogP contribution < -0.4 is 15.0 Å². The summed E-state index contributed by atoms with van der Waals surface area (Å²) in [5, 5.41) is 27.1. The third-order valence-electron chi connectivity index (χ3n) is 8.34. The molecule has 1 atom stereocenters. The van der Waals surface area contributed by atoms with Gasteiger partial charge >= 0.3 is 7.12 Å². The molecule has 12 heteroatoms. The van der Waals surface area contributed by atoms with Gasteiger partial charge in [-0.3, -0.25) is 14.4 Å². The van der Waals surface area contributed by atoms with Gasteiger partial charge in [0.15, 0.2) is 0 Å². The Labute approximate surface area is 297 Å². The van der Waals surface area contributed by atoms with Crippen LogP contribution in [0.4, 0.5) is 5.69 Å². The van der Waals surface area contributed by atoms with E-state index in [1.807, 2.05) is 74.5 Å². The minimum Gasteiger partial charge on any atom is -0.494 e. The molecule has 2 heterocycles. The third-order valence-corrected chi connectivity index (χ3v) is 8.34. The Bertz CT molecular complexity index is 1520. The van der Waals surface area contributed by atoms with Crippen LogP contribution in [-0.4, -0.2) is 83.0 Å². The first-order valence-corrected chi connectivity index (χ1v) is 16.4. The van der Waals surface area contributed by atoms with Crippen LogP contribution >= 0.6 is 24.8 Å². The van der Waals surface area contributed by atoms with Crippen molar-refractivity contribution < 1.29 is 19.6 Å². The van der Waals surface area contributed by atoms with Gasteiger partial charge < -0.3 is 25.0 Å². The Balaban J connectivity index is 0.00000312. The summed E-state index contributed by atoms with van der Waals surface area (Å²) < 4.78 is 7.81. The average Bonchev–Trinajstić information content (AvgIpc) is 3.49. The summed E-state index contributed by atoms with van der Waals surface area (Å²) in [6.45, 7) is 9.90. The van der Waals surface area contributed by atoms with Gasteiger partial charge in [0.1, 0.15) is 12.3 Å². The highest BCUT2D eigenvalue weighted by atomic mass is 35.5. The molecule has 3 N–H and O–H groups in total. The standard InChI is InChI=1S/C36H46BN5O4.2ClH/c1-28(2)24-35(37(44)45)38-36(43)27-42-34(29-12-5-3-6-13-29)26-33(39-42)30-14-11-17-32(25-30)46-23-10-9-18-40-19-21-41(22-20-40)31-15-7-4-8-16-31;;/h3-8,11-17,25-26,28,35,44-45H,9-10,18-24,27H2,1-2H3,(H,38,43);2*1H/t35-;;/m0../s1. The molecule has 1 aliphatic rings. The van der Waals surface area contributed by atoms with Crippen molar-refractivity contribution in [2.24, 2.45) is 5.92 Å². The molecule has 0 unspecified atom stereocenters. The third kappa shape index (κ3) is 11.3. The lowest BCUT2D eigenvalue weighted by Crippen LogP contribution is -2.48. The topological polar surface area (TPSA) is 103 Å². The number of benzene rings is 3. The largest absolute Gasteiger partial charge is 0.494 e. The molecule has 4 aromatic rings. The van der Waals surface area contributed by atoms with Crippen molar-refractivity contribution in [3.63, 3.8) is 0 Å². The zero-order chi connectivity index (χ0) is 32.3. The SMILES string of the molecule is CC(C)C[C@H](NC(=O)Cn1nc(-c2cccc(OCCCCN3CCN(c4ccccc4)CC3)c2)cc1-c1ccccc1)B(O)O.Cl.Cl. The number of ether oxygens (including phenoxy) is 1. The molecule has 1 saturated heterocycles. The van der Waals surface area contributed by atoms with Crippen LogP contribution in [0, 0.1) is 5.92 Å². The quantitative estimate of drug-likeness (QED) is 0.110. The first-order valence-electron chi connectivity index (χ1n) is 16.4. The summed E-state index contributed by atoms with van der Waals surface area (Å²) in [6, 6.07) is 30.3. The fraction of sp³-hybridized carbons (Fsp3) is 0.389. The van der Waals surface area contributed by atoms with Crippen LogP contribution in [0.25, 0.3) is 22.5 Å². The molecule has 1 aromatic heterocycles. The summed E-state index contributed by atoms with van der Waals surface area (Å²) >= 11 is 0. The number of aromatic nitrogens is 2. The lowest BCUT2D eigenvalue weighted by Gasteiger charge is -2.36. The molecule has 0 aliphatic carbocycles. The number of carbonyl (C=O) groups excluding carboxylic acids is 1. The maximum Gasteiger partial charge on any atom is 0.475 e. The number of nitrogens with one attached hydrogen (secondary N) is 1. The lowest BCUT2D eigenvalue weighted by molar-refractivity contribution is -0.122. The fourth-order valence-corrected chi connectivity index (χ4v) is 5.91. The fourth-order valence-electron chi connectivity index (χ4n) is 5.91. The van der Waals surface area contributed by atoms with Gasteiger partial charge in [-0.1, -0.05) is 74.5 Å². The number of halogens is 2. The second-order valence-electron chi connectivity index (χ2n) is 12.4. The van der Waals surface area contributed by atoms with E-state index in [0.717, 1.165) is 73.8 Å². The summed E-state index contributed by atoms with van der Waals surface area (Å²) in [5.74, 6) is -0.0998. The number of anilines is 1. The second-order valence-corrected chi connectivity index (χ2v) is 12.4. The molecular formula is C36H48BCl2N5O4. The van der Waals surface area contributed by atoms with Crippen LogP contribution in [0.1, 0.15) is 33.1 Å². The molecule has 1 aliphatic heterocycles. The van der Waals surface area contributed by atoms with Crippen LogP contribution in [0.2, 0.25) is 0 Å². The normalized spacial score (nSPS) is 13.7. The first-order chi connectivity index (χ1) is 22.4. The molecule has 1 amide bonds. The zero-order valence-electron chi connectivity index (χ0n) is 27.8. The van der Waals surface area contributed by atoms with E-state index in [1.165, 1.54) is 5.69 Å². The van der Waals surface area contributed by atoms with Crippen molar-refractivity contribution in [2.75, 3.05) is 44.2 Å². The smallest absolute Gasteiger partial charge is 0.475 e. The molecular weight excluding hydrogens is 648 g/mol. The second kappa shape index (κ2) is 19.5. The Morgan fingerprint density at radius 3 is 2.21 bits per heavy atom. The highest BCUT2D eigenvalue weighted by Gasteiger charge is 2.26.